The average molecular weight is 222 g/mol. The van der Waals surface area contributed by atoms with Crippen LogP contribution in [0.15, 0.2) is 35.0 Å². The van der Waals surface area contributed by atoms with Gasteiger partial charge in [0.15, 0.2) is 0 Å². The molecule has 0 saturated heterocycles. The van der Waals surface area contributed by atoms with Crippen molar-refractivity contribution in [2.75, 3.05) is 0 Å². The van der Waals surface area contributed by atoms with E-state index in [-0.39, 0.29) is 5.82 Å². The molecule has 0 amide bonds. The summed E-state index contributed by atoms with van der Waals surface area (Å²) in [5.74, 6) is -0.140. The minimum atomic E-state index is -0.140. The van der Waals surface area contributed by atoms with Crippen LogP contribution in [-0.2, 0) is 0 Å². The van der Waals surface area contributed by atoms with Crippen LogP contribution in [-0.4, -0.2) is 0 Å². The minimum absolute atomic E-state index is 0.140. The fourth-order valence-corrected chi connectivity index (χ4v) is 2.05. The molecule has 80 valence electrons. The summed E-state index contributed by atoms with van der Waals surface area (Å²) in [6.45, 7) is 5.93. The lowest BCUT2D eigenvalue weighted by molar-refractivity contribution is 0.630. The molecule has 0 bridgehead atoms. The minimum Gasteiger partial charge on any atom is -0.206 e. The van der Waals surface area contributed by atoms with Crippen molar-refractivity contribution in [3.05, 3.63) is 46.4 Å². The molecule has 2 aromatic rings. The average Bonchev–Trinajstić information content (AvgIpc) is 2.74. The van der Waals surface area contributed by atoms with Gasteiger partial charge in [-0.3, -0.25) is 0 Å². The van der Waals surface area contributed by atoms with Crippen molar-refractivity contribution < 1.29 is 4.39 Å². The lowest BCUT2D eigenvalue weighted by Crippen LogP contribution is -1.85. The summed E-state index contributed by atoms with van der Waals surface area (Å²) < 4.78 is 13.4. The van der Waals surface area contributed by atoms with E-state index >= 15 is 0 Å². The lowest BCUT2D eigenvalue weighted by atomic mass is 10.0. The van der Waals surface area contributed by atoms with Crippen LogP contribution in [0.5, 0.6) is 0 Å². The van der Waals surface area contributed by atoms with E-state index in [0.29, 0.717) is 0 Å². The van der Waals surface area contributed by atoms with Crippen molar-refractivity contribution in [2.24, 2.45) is 0 Å². The van der Waals surface area contributed by atoms with Crippen molar-refractivity contribution in [3.8, 4) is 11.1 Å². The van der Waals surface area contributed by atoms with E-state index in [1.807, 2.05) is 43.7 Å². The number of halogens is 1. The monoisotopic (exact) mass is 222 g/mol. The first-order valence-corrected chi connectivity index (χ1v) is 6.01. The molecule has 1 heterocycles. The van der Waals surface area contributed by atoms with Gasteiger partial charge in [0, 0.05) is 5.56 Å². The van der Waals surface area contributed by atoms with Gasteiger partial charge in [0.05, 0.1) is 0 Å². The zero-order chi connectivity index (χ0) is 11.3. The molecule has 0 fully saturated rings. The molecule has 15 heavy (non-hydrogen) atoms. The number of hydrogen-bond donors (Lipinski definition) is 0. The van der Waals surface area contributed by atoms with E-state index in [2.05, 4.69) is 0 Å². The van der Waals surface area contributed by atoms with E-state index in [1.54, 1.807) is 17.4 Å². The molecular formula is C13H15FS. The van der Waals surface area contributed by atoms with Gasteiger partial charge in [0.1, 0.15) is 5.82 Å². The van der Waals surface area contributed by atoms with Crippen LogP contribution >= 0.6 is 11.3 Å². The molecule has 0 saturated carbocycles. The Balaban J connectivity index is 0.000000531. The summed E-state index contributed by atoms with van der Waals surface area (Å²) in [4.78, 5) is 0. The van der Waals surface area contributed by atoms with Gasteiger partial charge in [-0.2, -0.15) is 11.3 Å². The first-order valence-electron chi connectivity index (χ1n) is 5.07. The van der Waals surface area contributed by atoms with Gasteiger partial charge in [0.2, 0.25) is 0 Å². The fraction of sp³-hybridized carbons (Fsp3) is 0.231. The summed E-state index contributed by atoms with van der Waals surface area (Å²) in [6.07, 6.45) is 0. The lowest BCUT2D eigenvalue weighted by Gasteiger charge is -2.03. The number of hydrogen-bond acceptors (Lipinski definition) is 1. The van der Waals surface area contributed by atoms with Crippen LogP contribution in [0.1, 0.15) is 19.4 Å². The molecule has 0 aliphatic rings. The van der Waals surface area contributed by atoms with Gasteiger partial charge in [-0.05, 0) is 40.9 Å². The van der Waals surface area contributed by atoms with Crippen LogP contribution in [0, 0.1) is 12.7 Å². The predicted octanol–water partition coefficient (Wildman–Crippen LogP) is 4.89. The molecule has 0 atom stereocenters. The summed E-state index contributed by atoms with van der Waals surface area (Å²) in [7, 11) is 0. The third-order valence-corrected chi connectivity index (χ3v) is 2.72. The maximum atomic E-state index is 13.4. The van der Waals surface area contributed by atoms with Gasteiger partial charge in [0.25, 0.3) is 0 Å². The maximum absolute atomic E-state index is 13.4. The Morgan fingerprint density at radius 2 is 1.87 bits per heavy atom. The summed E-state index contributed by atoms with van der Waals surface area (Å²) in [6, 6.07) is 7.10. The van der Waals surface area contributed by atoms with Gasteiger partial charge in [-0.1, -0.05) is 26.0 Å². The summed E-state index contributed by atoms with van der Waals surface area (Å²) in [5.41, 5.74) is 2.68. The maximum Gasteiger partial charge on any atom is 0.131 e. The second-order valence-electron chi connectivity index (χ2n) is 2.94. The summed E-state index contributed by atoms with van der Waals surface area (Å²) >= 11 is 1.59. The first kappa shape index (κ1) is 11.9. The van der Waals surface area contributed by atoms with Crippen LogP contribution in [0.2, 0.25) is 0 Å². The van der Waals surface area contributed by atoms with Crippen LogP contribution in [0.4, 0.5) is 4.39 Å². The van der Waals surface area contributed by atoms with Crippen LogP contribution < -0.4 is 0 Å². The SMILES string of the molecule is CC.Cc1cccc(F)c1-c1ccsc1. The molecule has 2 rings (SSSR count). The molecule has 0 spiro atoms. The van der Waals surface area contributed by atoms with Crippen molar-refractivity contribution in [3.63, 3.8) is 0 Å². The van der Waals surface area contributed by atoms with E-state index in [1.165, 1.54) is 6.07 Å². The molecular weight excluding hydrogens is 207 g/mol. The smallest absolute Gasteiger partial charge is 0.131 e. The van der Waals surface area contributed by atoms with E-state index in [4.69, 9.17) is 0 Å². The van der Waals surface area contributed by atoms with E-state index in [9.17, 15) is 4.39 Å². The second kappa shape index (κ2) is 5.66. The molecule has 0 N–H and O–H groups in total. The van der Waals surface area contributed by atoms with E-state index < -0.39 is 0 Å². The van der Waals surface area contributed by atoms with Crippen molar-refractivity contribution in [1.29, 1.82) is 0 Å². The van der Waals surface area contributed by atoms with Gasteiger partial charge in [-0.15, -0.1) is 0 Å². The highest BCUT2D eigenvalue weighted by Crippen LogP contribution is 2.27. The highest BCUT2D eigenvalue weighted by atomic mass is 32.1. The number of rotatable bonds is 1. The first-order chi connectivity index (χ1) is 7.29. The Morgan fingerprint density at radius 1 is 1.13 bits per heavy atom. The normalized spacial score (nSPS) is 9.33. The van der Waals surface area contributed by atoms with Gasteiger partial charge in [-0.25, -0.2) is 4.39 Å². The molecule has 0 radical (unpaired) electrons. The molecule has 2 heteroatoms. The third kappa shape index (κ3) is 2.66. The quantitative estimate of drug-likeness (QED) is 0.644. The fourth-order valence-electron chi connectivity index (χ4n) is 1.40. The molecule has 1 aromatic carbocycles. The zero-order valence-electron chi connectivity index (χ0n) is 9.25. The Labute approximate surface area is 94.4 Å². The molecule has 0 aliphatic heterocycles. The Kier molecular flexibility index (Phi) is 4.50. The van der Waals surface area contributed by atoms with Crippen molar-refractivity contribution >= 4 is 11.3 Å². The highest BCUT2D eigenvalue weighted by Gasteiger charge is 2.07. The zero-order valence-corrected chi connectivity index (χ0v) is 10.1. The predicted molar refractivity (Wildman–Crippen MR) is 65.8 cm³/mol. The number of benzene rings is 1. The Hall–Kier alpha value is -1.15. The molecule has 1 aromatic heterocycles. The molecule has 0 aliphatic carbocycles. The van der Waals surface area contributed by atoms with E-state index in [0.717, 1.165) is 16.7 Å². The largest absolute Gasteiger partial charge is 0.206 e. The number of thiophene rings is 1. The van der Waals surface area contributed by atoms with Gasteiger partial charge >= 0.3 is 0 Å². The third-order valence-electron chi connectivity index (χ3n) is 2.03. The molecule has 0 nitrogen and oxygen atoms in total. The van der Waals surface area contributed by atoms with Crippen molar-refractivity contribution in [1.82, 2.24) is 0 Å². The van der Waals surface area contributed by atoms with Crippen LogP contribution in [0.25, 0.3) is 11.1 Å². The van der Waals surface area contributed by atoms with Gasteiger partial charge < -0.3 is 0 Å². The van der Waals surface area contributed by atoms with Crippen molar-refractivity contribution in [2.45, 2.75) is 20.8 Å². The Morgan fingerprint density at radius 3 is 2.40 bits per heavy atom. The standard InChI is InChI=1S/C11H9FS.C2H6/c1-8-3-2-4-10(12)11(8)9-5-6-13-7-9;1-2/h2-7H,1H3;1-2H3. The second-order valence-corrected chi connectivity index (χ2v) is 3.72. The topological polar surface area (TPSA) is 0 Å². The highest BCUT2D eigenvalue weighted by molar-refractivity contribution is 7.08. The summed E-state index contributed by atoms with van der Waals surface area (Å²) in [5, 5.41) is 3.92. The molecule has 0 unspecified atom stereocenters. The number of aryl methyl sites for hydroxylation is 1. The van der Waals surface area contributed by atoms with Crippen LogP contribution in [0.3, 0.4) is 0 Å². The Bertz CT molecular complexity index is 384.